The molecule has 0 saturated heterocycles. The largest absolute Gasteiger partial charge is 0.453 e. The molecule has 0 aliphatic heterocycles. The number of imidazole rings is 1. The van der Waals surface area contributed by atoms with Crippen LogP contribution in [0, 0.1) is 5.82 Å². The van der Waals surface area contributed by atoms with Gasteiger partial charge >= 0.3 is 0 Å². The highest BCUT2D eigenvalue weighted by molar-refractivity contribution is 5.61. The highest BCUT2D eigenvalue weighted by Gasteiger charge is 2.08. The van der Waals surface area contributed by atoms with Crippen molar-refractivity contribution in [1.82, 2.24) is 9.97 Å². The zero-order valence-electron chi connectivity index (χ0n) is 8.85. The highest BCUT2D eigenvalue weighted by atomic mass is 19.1. The van der Waals surface area contributed by atoms with Crippen LogP contribution in [0.3, 0.4) is 0 Å². The van der Waals surface area contributed by atoms with E-state index in [1.165, 1.54) is 12.1 Å². The molecule has 1 N–H and O–H groups in total. The lowest BCUT2D eigenvalue weighted by molar-refractivity contribution is 0.592. The van der Waals surface area contributed by atoms with Gasteiger partial charge in [-0.05, 0) is 36.4 Å². The summed E-state index contributed by atoms with van der Waals surface area (Å²) in [5.74, 6) is 1.77. The van der Waals surface area contributed by atoms with E-state index in [4.69, 9.17) is 4.42 Å². The molecule has 0 bridgehead atoms. The molecule has 0 aliphatic carbocycles. The van der Waals surface area contributed by atoms with Crippen LogP contribution in [0.2, 0.25) is 0 Å². The second-order valence-electron chi connectivity index (χ2n) is 3.61. The molecule has 1 aromatic carbocycles. The molecule has 3 aromatic rings. The Bertz CT molecular complexity index is 611. The fourth-order valence-corrected chi connectivity index (χ4v) is 1.63. The van der Waals surface area contributed by atoms with Gasteiger partial charge in [-0.3, -0.25) is 0 Å². The smallest absolute Gasteiger partial charge is 0.173 e. The number of furan rings is 1. The van der Waals surface area contributed by atoms with Gasteiger partial charge in [0, 0.05) is 18.0 Å². The Morgan fingerprint density at radius 2 is 1.76 bits per heavy atom. The molecule has 17 heavy (non-hydrogen) atoms. The number of nitrogens with zero attached hydrogens (tertiary/aromatic N) is 1. The topological polar surface area (TPSA) is 41.8 Å². The summed E-state index contributed by atoms with van der Waals surface area (Å²) in [5.41, 5.74) is 0.837. The standard InChI is InChI=1S/C13H9FN2O/c14-10-3-1-9(2-4-10)11-5-6-12(17-11)13-15-7-8-16-13/h1-8H,(H,15,16). The molecule has 0 fully saturated rings. The molecule has 4 heteroatoms. The Morgan fingerprint density at radius 1 is 1.00 bits per heavy atom. The van der Waals surface area contributed by atoms with Crippen LogP contribution < -0.4 is 0 Å². The van der Waals surface area contributed by atoms with Crippen LogP contribution >= 0.6 is 0 Å². The van der Waals surface area contributed by atoms with E-state index in [-0.39, 0.29) is 5.82 Å². The van der Waals surface area contributed by atoms with Crippen LogP contribution in [0.15, 0.2) is 53.2 Å². The number of aromatic amines is 1. The fraction of sp³-hybridized carbons (Fsp3) is 0. The van der Waals surface area contributed by atoms with E-state index < -0.39 is 0 Å². The molecule has 0 radical (unpaired) electrons. The number of rotatable bonds is 2. The van der Waals surface area contributed by atoms with Crippen LogP contribution in [0.4, 0.5) is 4.39 Å². The van der Waals surface area contributed by atoms with Crippen molar-refractivity contribution in [1.29, 1.82) is 0 Å². The normalized spacial score (nSPS) is 10.6. The zero-order valence-corrected chi connectivity index (χ0v) is 8.85. The predicted molar refractivity (Wildman–Crippen MR) is 61.7 cm³/mol. The Morgan fingerprint density at radius 3 is 2.47 bits per heavy atom. The predicted octanol–water partition coefficient (Wildman–Crippen LogP) is 3.48. The molecule has 0 saturated carbocycles. The monoisotopic (exact) mass is 228 g/mol. The Labute approximate surface area is 96.9 Å². The van der Waals surface area contributed by atoms with E-state index in [2.05, 4.69) is 9.97 Å². The van der Waals surface area contributed by atoms with Crippen molar-refractivity contribution in [2.24, 2.45) is 0 Å². The minimum Gasteiger partial charge on any atom is -0.453 e. The Kier molecular flexibility index (Phi) is 2.26. The van der Waals surface area contributed by atoms with Crippen LogP contribution in [0.1, 0.15) is 0 Å². The van der Waals surface area contributed by atoms with Gasteiger partial charge < -0.3 is 9.40 Å². The highest BCUT2D eigenvalue weighted by Crippen LogP contribution is 2.26. The number of halogens is 1. The minimum absolute atomic E-state index is 0.258. The number of aromatic nitrogens is 2. The SMILES string of the molecule is Fc1ccc(-c2ccc(-c3ncc[nH]3)o2)cc1. The maximum absolute atomic E-state index is 12.8. The lowest BCUT2D eigenvalue weighted by Gasteiger charge is -1.96. The molecule has 0 aliphatic rings. The number of benzene rings is 1. The quantitative estimate of drug-likeness (QED) is 0.729. The average molecular weight is 228 g/mol. The summed E-state index contributed by atoms with van der Waals surface area (Å²) < 4.78 is 18.4. The Hall–Kier alpha value is -2.36. The van der Waals surface area contributed by atoms with E-state index >= 15 is 0 Å². The number of hydrogen-bond donors (Lipinski definition) is 1. The second kappa shape index (κ2) is 3.90. The first-order chi connectivity index (χ1) is 8.33. The van der Waals surface area contributed by atoms with Crippen molar-refractivity contribution in [2.75, 3.05) is 0 Å². The Balaban J connectivity index is 1.98. The lowest BCUT2D eigenvalue weighted by atomic mass is 10.2. The third kappa shape index (κ3) is 1.85. The summed E-state index contributed by atoms with van der Waals surface area (Å²) in [6.45, 7) is 0. The summed E-state index contributed by atoms with van der Waals surface area (Å²) in [5, 5.41) is 0. The van der Waals surface area contributed by atoms with Gasteiger partial charge in [0.1, 0.15) is 11.6 Å². The van der Waals surface area contributed by atoms with E-state index in [9.17, 15) is 4.39 Å². The van der Waals surface area contributed by atoms with Gasteiger partial charge in [0.15, 0.2) is 11.6 Å². The van der Waals surface area contributed by atoms with Gasteiger partial charge in [0.2, 0.25) is 0 Å². The third-order valence-electron chi connectivity index (χ3n) is 2.47. The summed E-state index contributed by atoms with van der Waals surface area (Å²) in [7, 11) is 0. The third-order valence-corrected chi connectivity index (χ3v) is 2.47. The van der Waals surface area contributed by atoms with Crippen molar-refractivity contribution >= 4 is 0 Å². The van der Waals surface area contributed by atoms with Crippen LogP contribution in [0.25, 0.3) is 22.9 Å². The van der Waals surface area contributed by atoms with Crippen LogP contribution in [-0.2, 0) is 0 Å². The van der Waals surface area contributed by atoms with Crippen molar-refractivity contribution in [3.8, 4) is 22.9 Å². The van der Waals surface area contributed by atoms with Crippen molar-refractivity contribution < 1.29 is 8.81 Å². The summed E-state index contributed by atoms with van der Waals surface area (Å²) in [4.78, 5) is 7.06. The molecule has 84 valence electrons. The number of hydrogen-bond acceptors (Lipinski definition) is 2. The number of H-pyrrole nitrogens is 1. The first kappa shape index (κ1) is 9.84. The van der Waals surface area contributed by atoms with Gasteiger partial charge in [0.25, 0.3) is 0 Å². The fourth-order valence-electron chi connectivity index (χ4n) is 1.63. The van der Waals surface area contributed by atoms with E-state index in [1.807, 2.05) is 12.1 Å². The minimum atomic E-state index is -0.258. The van der Waals surface area contributed by atoms with Crippen LogP contribution in [0.5, 0.6) is 0 Å². The van der Waals surface area contributed by atoms with Crippen molar-refractivity contribution in [3.05, 3.63) is 54.6 Å². The molecular weight excluding hydrogens is 219 g/mol. The van der Waals surface area contributed by atoms with Crippen molar-refractivity contribution in [3.63, 3.8) is 0 Å². The molecule has 3 rings (SSSR count). The van der Waals surface area contributed by atoms with E-state index in [1.54, 1.807) is 24.5 Å². The van der Waals surface area contributed by atoms with E-state index in [0.717, 1.165) is 5.56 Å². The zero-order chi connectivity index (χ0) is 11.7. The molecule has 3 nitrogen and oxygen atoms in total. The summed E-state index contributed by atoms with van der Waals surface area (Å²) >= 11 is 0. The molecule has 0 unspecified atom stereocenters. The summed E-state index contributed by atoms with van der Waals surface area (Å²) in [6, 6.07) is 9.84. The van der Waals surface area contributed by atoms with Gasteiger partial charge in [-0.15, -0.1) is 0 Å². The molecule has 0 spiro atoms. The summed E-state index contributed by atoms with van der Waals surface area (Å²) in [6.07, 6.45) is 3.39. The maximum atomic E-state index is 12.8. The van der Waals surface area contributed by atoms with Gasteiger partial charge in [-0.2, -0.15) is 0 Å². The molecule has 0 amide bonds. The number of nitrogens with one attached hydrogen (secondary N) is 1. The van der Waals surface area contributed by atoms with Gasteiger partial charge in [-0.25, -0.2) is 9.37 Å². The van der Waals surface area contributed by atoms with Crippen LogP contribution in [-0.4, -0.2) is 9.97 Å². The second-order valence-corrected chi connectivity index (χ2v) is 3.61. The van der Waals surface area contributed by atoms with E-state index in [0.29, 0.717) is 17.3 Å². The maximum Gasteiger partial charge on any atom is 0.173 e. The first-order valence-electron chi connectivity index (χ1n) is 5.18. The molecule has 0 atom stereocenters. The average Bonchev–Trinajstić information content (AvgIpc) is 3.00. The molecular formula is C13H9FN2O. The molecule has 2 heterocycles. The lowest BCUT2D eigenvalue weighted by Crippen LogP contribution is -1.76. The van der Waals surface area contributed by atoms with Gasteiger partial charge in [0.05, 0.1) is 0 Å². The van der Waals surface area contributed by atoms with Gasteiger partial charge in [-0.1, -0.05) is 0 Å². The van der Waals surface area contributed by atoms with Crippen molar-refractivity contribution in [2.45, 2.75) is 0 Å². The first-order valence-corrected chi connectivity index (χ1v) is 5.18. The molecule has 2 aromatic heterocycles.